The Balaban J connectivity index is 1.58. The Morgan fingerprint density at radius 1 is 0.919 bits per heavy atom. The van der Waals surface area contributed by atoms with Crippen LogP contribution < -0.4 is 5.73 Å². The van der Waals surface area contributed by atoms with Gasteiger partial charge in [-0.3, -0.25) is 9.59 Å². The molecule has 0 aliphatic carbocycles. The molecule has 1 aromatic rings. The Labute approximate surface area is 219 Å². The van der Waals surface area contributed by atoms with Gasteiger partial charge < -0.3 is 35.5 Å². The van der Waals surface area contributed by atoms with E-state index < -0.39 is 43.0 Å². The van der Waals surface area contributed by atoms with Gasteiger partial charge in [-0.25, -0.2) is 4.98 Å². The Morgan fingerprint density at radius 2 is 1.49 bits per heavy atom. The van der Waals surface area contributed by atoms with E-state index >= 15 is 0 Å². The number of aromatic nitrogens is 2. The van der Waals surface area contributed by atoms with Gasteiger partial charge in [-0.05, 0) is 44.9 Å². The van der Waals surface area contributed by atoms with Crippen molar-refractivity contribution in [2.24, 2.45) is 5.73 Å². The van der Waals surface area contributed by atoms with Crippen LogP contribution in [0.4, 0.5) is 0 Å². The summed E-state index contributed by atoms with van der Waals surface area (Å²) in [5.41, 5.74) is 6.20. The number of aliphatic hydroxyl groups is 3. The first kappa shape index (κ1) is 31.0. The smallest absolute Gasteiger partial charge is 0.303 e. The van der Waals surface area contributed by atoms with Crippen LogP contribution in [0.3, 0.4) is 0 Å². The minimum Gasteiger partial charge on any atom is -0.481 e. The average molecular weight is 524 g/mol. The molecule has 10 heteroatoms. The Kier molecular flexibility index (Phi) is 14.5. The van der Waals surface area contributed by atoms with Crippen LogP contribution in [0.1, 0.15) is 112 Å². The molecule has 6 N–H and O–H groups in total. The van der Waals surface area contributed by atoms with Crippen molar-refractivity contribution < 1.29 is 34.8 Å². The van der Waals surface area contributed by atoms with Gasteiger partial charge >= 0.3 is 5.97 Å². The summed E-state index contributed by atoms with van der Waals surface area (Å²) in [7, 11) is 0. The van der Waals surface area contributed by atoms with Crippen molar-refractivity contribution in [2.75, 3.05) is 6.61 Å². The van der Waals surface area contributed by atoms with E-state index in [-0.39, 0.29) is 12.1 Å². The third kappa shape index (κ3) is 10.6. The molecule has 2 rings (SSSR count). The summed E-state index contributed by atoms with van der Waals surface area (Å²) >= 11 is 0. The number of unbranched alkanes of at least 4 members (excludes halogenated alkanes) is 11. The fraction of sp³-hybridized carbons (Fsp3) is 0.741. The van der Waals surface area contributed by atoms with Crippen LogP contribution in [0.25, 0.3) is 0 Å². The summed E-state index contributed by atoms with van der Waals surface area (Å²) in [5, 5.41) is 38.3. The number of carbonyl (C=O) groups is 2. The number of carboxylic acids is 1. The second-order valence-corrected chi connectivity index (χ2v) is 9.87. The van der Waals surface area contributed by atoms with Crippen LogP contribution in [-0.4, -0.2) is 66.8 Å². The van der Waals surface area contributed by atoms with E-state index in [0.717, 1.165) is 77.0 Å². The number of rotatable bonds is 20. The van der Waals surface area contributed by atoms with Gasteiger partial charge in [0.25, 0.3) is 5.91 Å². The van der Waals surface area contributed by atoms with E-state index in [9.17, 15) is 24.9 Å². The van der Waals surface area contributed by atoms with Crippen molar-refractivity contribution in [3.05, 3.63) is 29.9 Å². The van der Waals surface area contributed by atoms with Gasteiger partial charge in [0.15, 0.2) is 6.23 Å². The standard InChI is InChI=1S/C27H45N3O7/c28-26(36)23-20(30(19-29-23)27-25(35)24(34)21(18-31)37-27)16-14-12-10-8-6-4-2-1-3-5-7-9-11-13-15-17-22(32)33/h1,3,19,21,24-25,27,31,34-35H,2,4-18H2,(H2,28,36)(H,32,33)/b3-1-/t21-,24-,25-,27-/m1/s1. The molecule has 210 valence electrons. The molecule has 10 nitrogen and oxygen atoms in total. The number of amides is 1. The van der Waals surface area contributed by atoms with Crippen molar-refractivity contribution >= 4 is 11.9 Å². The highest BCUT2D eigenvalue weighted by Crippen LogP contribution is 2.31. The largest absolute Gasteiger partial charge is 0.481 e. The fourth-order valence-corrected chi connectivity index (χ4v) is 4.74. The van der Waals surface area contributed by atoms with Crippen LogP contribution in [0.5, 0.6) is 0 Å². The number of hydrogen-bond donors (Lipinski definition) is 5. The first-order chi connectivity index (χ1) is 17.9. The van der Waals surface area contributed by atoms with Crippen LogP contribution >= 0.6 is 0 Å². The van der Waals surface area contributed by atoms with Crippen LogP contribution in [0.2, 0.25) is 0 Å². The highest BCUT2D eigenvalue weighted by atomic mass is 16.6. The number of carboxylic acid groups (broad SMARTS) is 1. The summed E-state index contributed by atoms with van der Waals surface area (Å²) in [6, 6.07) is 0. The summed E-state index contributed by atoms with van der Waals surface area (Å²) in [6.07, 6.45) is 16.2. The number of nitrogens with zero attached hydrogens (tertiary/aromatic N) is 2. The number of nitrogens with two attached hydrogens (primary N) is 1. The van der Waals surface area contributed by atoms with E-state index in [2.05, 4.69) is 17.1 Å². The maximum atomic E-state index is 11.8. The maximum absolute atomic E-state index is 11.8. The predicted octanol–water partition coefficient (Wildman–Crippen LogP) is 3.24. The van der Waals surface area contributed by atoms with E-state index in [1.54, 1.807) is 4.57 Å². The zero-order valence-electron chi connectivity index (χ0n) is 21.8. The van der Waals surface area contributed by atoms with Crippen molar-refractivity contribution in [1.29, 1.82) is 0 Å². The molecule has 1 fully saturated rings. The first-order valence-corrected chi connectivity index (χ1v) is 13.7. The number of primary amides is 1. The molecular weight excluding hydrogens is 478 g/mol. The van der Waals surface area contributed by atoms with Crippen LogP contribution in [0.15, 0.2) is 18.5 Å². The number of carbonyl (C=O) groups excluding carboxylic acids is 1. The molecule has 0 saturated carbocycles. The lowest BCUT2D eigenvalue weighted by Gasteiger charge is -2.19. The van der Waals surface area contributed by atoms with Gasteiger partial charge in [0, 0.05) is 6.42 Å². The number of allylic oxidation sites excluding steroid dienone is 2. The lowest BCUT2D eigenvalue weighted by molar-refractivity contribution is -0.137. The monoisotopic (exact) mass is 523 g/mol. The van der Waals surface area contributed by atoms with Crippen molar-refractivity contribution in [3.8, 4) is 0 Å². The van der Waals surface area contributed by atoms with Crippen molar-refractivity contribution in [1.82, 2.24) is 9.55 Å². The second kappa shape index (κ2) is 17.3. The number of ether oxygens (including phenoxy) is 1. The van der Waals surface area contributed by atoms with E-state index in [1.165, 1.54) is 12.7 Å². The van der Waals surface area contributed by atoms with Gasteiger partial charge in [-0.15, -0.1) is 0 Å². The molecule has 0 bridgehead atoms. The van der Waals surface area contributed by atoms with E-state index in [4.69, 9.17) is 15.6 Å². The maximum Gasteiger partial charge on any atom is 0.303 e. The second-order valence-electron chi connectivity index (χ2n) is 9.87. The summed E-state index contributed by atoms with van der Waals surface area (Å²) in [5.74, 6) is -1.36. The zero-order chi connectivity index (χ0) is 27.0. The van der Waals surface area contributed by atoms with Gasteiger partial charge in [0.1, 0.15) is 24.0 Å². The van der Waals surface area contributed by atoms with Crippen molar-refractivity contribution in [3.63, 3.8) is 0 Å². The molecular formula is C27H45N3O7. The number of aliphatic carboxylic acids is 1. The Bertz CT molecular complexity index is 842. The summed E-state index contributed by atoms with van der Waals surface area (Å²) in [6.45, 7) is -0.422. The predicted molar refractivity (Wildman–Crippen MR) is 139 cm³/mol. The molecule has 1 saturated heterocycles. The molecule has 37 heavy (non-hydrogen) atoms. The van der Waals surface area contributed by atoms with Gasteiger partial charge in [0.05, 0.1) is 18.6 Å². The quantitative estimate of drug-likeness (QED) is 0.128. The Hall–Kier alpha value is -2.27. The van der Waals surface area contributed by atoms with E-state index in [1.807, 2.05) is 0 Å². The SMILES string of the molecule is NC(=O)c1ncn([C@@H]2O[C@H](CO)[C@@H](O)[C@H]2O)c1CCCCCCCC/C=C\CCCCCCCC(=O)O. The molecule has 0 spiro atoms. The molecule has 1 aliphatic rings. The topological polar surface area (TPSA) is 168 Å². The number of imidazole rings is 1. The normalized spacial score (nSPS) is 21.7. The summed E-state index contributed by atoms with van der Waals surface area (Å²) in [4.78, 5) is 26.4. The number of hydrogen-bond acceptors (Lipinski definition) is 7. The molecule has 0 unspecified atom stereocenters. The molecule has 0 aromatic carbocycles. The molecule has 4 atom stereocenters. The zero-order valence-corrected chi connectivity index (χ0v) is 21.8. The average Bonchev–Trinajstić information content (AvgIpc) is 3.41. The fourth-order valence-electron chi connectivity index (χ4n) is 4.74. The van der Waals surface area contributed by atoms with Gasteiger partial charge in [0.2, 0.25) is 0 Å². The first-order valence-electron chi connectivity index (χ1n) is 13.7. The highest BCUT2D eigenvalue weighted by Gasteiger charge is 2.44. The third-order valence-corrected chi connectivity index (χ3v) is 6.88. The molecule has 1 amide bonds. The number of aliphatic hydroxyl groups excluding tert-OH is 3. The summed E-state index contributed by atoms with van der Waals surface area (Å²) < 4.78 is 7.14. The lowest BCUT2D eigenvalue weighted by Crippen LogP contribution is -2.33. The minimum atomic E-state index is -1.24. The molecule has 1 aliphatic heterocycles. The van der Waals surface area contributed by atoms with Crippen LogP contribution in [-0.2, 0) is 16.0 Å². The molecule has 2 heterocycles. The van der Waals surface area contributed by atoms with Crippen LogP contribution in [0, 0.1) is 0 Å². The minimum absolute atomic E-state index is 0.141. The highest BCUT2D eigenvalue weighted by molar-refractivity contribution is 5.92. The molecule has 0 radical (unpaired) electrons. The third-order valence-electron chi connectivity index (χ3n) is 6.88. The van der Waals surface area contributed by atoms with Gasteiger partial charge in [-0.2, -0.15) is 0 Å². The lowest BCUT2D eigenvalue weighted by atomic mass is 10.1. The van der Waals surface area contributed by atoms with Gasteiger partial charge in [-0.1, -0.05) is 57.1 Å². The molecule has 1 aromatic heterocycles. The Morgan fingerprint density at radius 3 is 2.03 bits per heavy atom. The van der Waals surface area contributed by atoms with Crippen molar-refractivity contribution in [2.45, 2.75) is 121 Å². The van der Waals surface area contributed by atoms with E-state index in [0.29, 0.717) is 12.1 Å².